The van der Waals surface area contributed by atoms with E-state index in [1.54, 1.807) is 6.08 Å². The van der Waals surface area contributed by atoms with E-state index < -0.39 is 0 Å². The fourth-order valence-corrected chi connectivity index (χ4v) is 6.41. The Balaban J connectivity index is 0.000000560. The summed E-state index contributed by atoms with van der Waals surface area (Å²) in [4.78, 5) is 10.2. The third-order valence-corrected chi connectivity index (χ3v) is 8.43. The van der Waals surface area contributed by atoms with Crippen molar-refractivity contribution < 1.29 is 0 Å². The molecule has 5 aromatic carbocycles. The second kappa shape index (κ2) is 10.9. The second-order valence-corrected chi connectivity index (χ2v) is 11.1. The van der Waals surface area contributed by atoms with Crippen LogP contribution in [-0.4, -0.2) is 19.1 Å². The first-order valence-electron chi connectivity index (χ1n) is 15.2. The molecule has 45 heavy (non-hydrogen) atoms. The van der Waals surface area contributed by atoms with Gasteiger partial charge in [-0.2, -0.15) is 0 Å². The minimum absolute atomic E-state index is 0.904. The first-order valence-corrected chi connectivity index (χ1v) is 15.2. The quantitative estimate of drug-likeness (QED) is 0.196. The summed E-state index contributed by atoms with van der Waals surface area (Å²) < 4.78 is 4.59. The van der Waals surface area contributed by atoms with Gasteiger partial charge in [0.2, 0.25) is 0 Å². The standard InChI is InChI=1S/C36H22N4.C5H8/c1-3-10-25-20-27(17-15-23(25)8-1)39-32-14-7-19-37-34(32)35-33(39)22-30-29-12-5-6-13-31(29)40(36(30)38-35)28-18-16-24-9-2-4-11-26(24)21-28;1-3-5-4-2/h1-22H;3-5H,1H2,2H3/b;5-4-. The highest BCUT2D eigenvalue weighted by Crippen LogP contribution is 2.37. The number of allylic oxidation sites excluding steroid dienone is 3. The molecule has 0 spiro atoms. The van der Waals surface area contributed by atoms with Crippen LogP contribution in [0.1, 0.15) is 6.92 Å². The van der Waals surface area contributed by atoms with Gasteiger partial charge in [0.25, 0.3) is 0 Å². The minimum Gasteiger partial charge on any atom is -0.306 e. The van der Waals surface area contributed by atoms with Gasteiger partial charge in [-0.15, -0.1) is 0 Å². The molecule has 9 aromatic rings. The van der Waals surface area contributed by atoms with Crippen LogP contribution in [0.5, 0.6) is 0 Å². The van der Waals surface area contributed by atoms with E-state index in [1.165, 1.54) is 26.9 Å². The summed E-state index contributed by atoms with van der Waals surface area (Å²) in [7, 11) is 0. The summed E-state index contributed by atoms with van der Waals surface area (Å²) in [5.41, 5.74) is 8.19. The molecule has 214 valence electrons. The van der Waals surface area contributed by atoms with Gasteiger partial charge in [0, 0.05) is 28.3 Å². The molecule has 0 aliphatic heterocycles. The SMILES string of the molecule is C=C/C=C\C.c1ccc2cc(-n3c4cccnc4c4nc5c(cc43)c3ccccc3n5-c3ccc4ccccc4c3)ccc2c1. The van der Waals surface area contributed by atoms with E-state index in [9.17, 15) is 0 Å². The maximum Gasteiger partial charge on any atom is 0.146 e. The average molecular weight is 579 g/mol. The summed E-state index contributed by atoms with van der Waals surface area (Å²) in [5.74, 6) is 0. The van der Waals surface area contributed by atoms with Gasteiger partial charge in [0.15, 0.2) is 0 Å². The number of para-hydroxylation sites is 1. The zero-order valence-electron chi connectivity index (χ0n) is 24.9. The van der Waals surface area contributed by atoms with Crippen LogP contribution in [-0.2, 0) is 0 Å². The number of aromatic nitrogens is 4. The van der Waals surface area contributed by atoms with Gasteiger partial charge < -0.3 is 4.57 Å². The first kappa shape index (κ1) is 26.6. The maximum atomic E-state index is 5.39. The van der Waals surface area contributed by atoms with Crippen molar-refractivity contribution in [3.8, 4) is 11.4 Å². The van der Waals surface area contributed by atoms with E-state index in [-0.39, 0.29) is 0 Å². The minimum atomic E-state index is 0.904. The number of pyridine rings is 2. The highest BCUT2D eigenvalue weighted by molar-refractivity contribution is 6.15. The van der Waals surface area contributed by atoms with Crippen molar-refractivity contribution in [1.82, 2.24) is 19.1 Å². The van der Waals surface area contributed by atoms with Crippen LogP contribution in [0.15, 0.2) is 158 Å². The molecule has 0 fully saturated rings. The van der Waals surface area contributed by atoms with E-state index in [0.29, 0.717) is 0 Å². The van der Waals surface area contributed by atoms with Crippen molar-refractivity contribution in [3.05, 3.63) is 158 Å². The van der Waals surface area contributed by atoms with Gasteiger partial charge in [-0.25, -0.2) is 4.98 Å². The van der Waals surface area contributed by atoms with E-state index in [1.807, 2.05) is 31.3 Å². The lowest BCUT2D eigenvalue weighted by atomic mass is 10.1. The summed E-state index contributed by atoms with van der Waals surface area (Å²) in [6.07, 6.45) is 7.43. The van der Waals surface area contributed by atoms with Crippen molar-refractivity contribution in [2.75, 3.05) is 0 Å². The van der Waals surface area contributed by atoms with Crippen LogP contribution in [0.25, 0.3) is 76.9 Å². The number of hydrogen-bond acceptors (Lipinski definition) is 2. The lowest BCUT2D eigenvalue weighted by Gasteiger charge is -2.10. The number of benzene rings is 5. The van der Waals surface area contributed by atoms with Crippen molar-refractivity contribution in [2.24, 2.45) is 0 Å². The highest BCUT2D eigenvalue weighted by atomic mass is 15.1. The van der Waals surface area contributed by atoms with Gasteiger partial charge in [-0.3, -0.25) is 9.55 Å². The molecule has 0 aliphatic carbocycles. The van der Waals surface area contributed by atoms with Gasteiger partial charge in [0.05, 0.1) is 16.6 Å². The van der Waals surface area contributed by atoms with Crippen LogP contribution in [0.4, 0.5) is 0 Å². The Morgan fingerprint density at radius 3 is 1.84 bits per heavy atom. The van der Waals surface area contributed by atoms with E-state index in [2.05, 4.69) is 137 Å². The fraction of sp³-hybridized carbons (Fsp3) is 0.0244. The molecule has 0 aliphatic rings. The molecule has 0 radical (unpaired) electrons. The molecule has 0 saturated carbocycles. The Morgan fingerprint density at radius 1 is 0.556 bits per heavy atom. The summed E-state index contributed by atoms with van der Waals surface area (Å²) in [5, 5.41) is 7.18. The largest absolute Gasteiger partial charge is 0.306 e. The molecule has 0 N–H and O–H groups in total. The van der Waals surface area contributed by atoms with Crippen LogP contribution in [0.3, 0.4) is 0 Å². The molecule has 0 unspecified atom stereocenters. The molecule has 0 atom stereocenters. The Hall–Kier alpha value is -6.00. The third kappa shape index (κ3) is 4.38. The number of nitrogens with zero attached hydrogens (tertiary/aromatic N) is 4. The molecule has 4 heterocycles. The summed E-state index contributed by atoms with van der Waals surface area (Å²) in [6.45, 7) is 5.42. The first-order chi connectivity index (χ1) is 22.2. The summed E-state index contributed by atoms with van der Waals surface area (Å²) in [6, 6.07) is 45.3. The maximum absolute atomic E-state index is 5.39. The Bertz CT molecular complexity index is 2410. The average Bonchev–Trinajstić information content (AvgIpc) is 3.59. The zero-order valence-corrected chi connectivity index (χ0v) is 24.9. The molecular weight excluding hydrogens is 548 g/mol. The number of fused-ring (bicyclic) bond motifs is 8. The number of rotatable bonds is 3. The van der Waals surface area contributed by atoms with Crippen LogP contribution in [0, 0.1) is 0 Å². The second-order valence-electron chi connectivity index (χ2n) is 11.1. The van der Waals surface area contributed by atoms with E-state index >= 15 is 0 Å². The Morgan fingerprint density at radius 2 is 1.18 bits per heavy atom. The predicted molar refractivity (Wildman–Crippen MR) is 191 cm³/mol. The van der Waals surface area contributed by atoms with E-state index in [0.717, 1.165) is 50.0 Å². The van der Waals surface area contributed by atoms with Crippen molar-refractivity contribution in [1.29, 1.82) is 0 Å². The highest BCUT2D eigenvalue weighted by Gasteiger charge is 2.20. The molecule has 4 aromatic heterocycles. The monoisotopic (exact) mass is 578 g/mol. The van der Waals surface area contributed by atoms with Gasteiger partial charge in [0.1, 0.15) is 16.7 Å². The molecular formula is C41H30N4. The van der Waals surface area contributed by atoms with Gasteiger partial charge in [-0.1, -0.05) is 104 Å². The molecule has 9 rings (SSSR count). The molecule has 0 bridgehead atoms. The van der Waals surface area contributed by atoms with Gasteiger partial charge >= 0.3 is 0 Å². The molecule has 4 nitrogen and oxygen atoms in total. The third-order valence-electron chi connectivity index (χ3n) is 8.43. The molecule has 4 heteroatoms. The van der Waals surface area contributed by atoms with Crippen molar-refractivity contribution in [3.63, 3.8) is 0 Å². The fourth-order valence-electron chi connectivity index (χ4n) is 6.41. The summed E-state index contributed by atoms with van der Waals surface area (Å²) >= 11 is 0. The topological polar surface area (TPSA) is 35.6 Å². The lowest BCUT2D eigenvalue weighted by molar-refractivity contribution is 1.15. The Labute approximate surface area is 260 Å². The lowest BCUT2D eigenvalue weighted by Crippen LogP contribution is -1.97. The smallest absolute Gasteiger partial charge is 0.146 e. The van der Waals surface area contributed by atoms with Crippen molar-refractivity contribution >= 4 is 65.5 Å². The normalized spacial score (nSPS) is 11.7. The van der Waals surface area contributed by atoms with Crippen LogP contribution >= 0.6 is 0 Å². The van der Waals surface area contributed by atoms with E-state index in [4.69, 9.17) is 9.97 Å². The predicted octanol–water partition coefficient (Wildman–Crippen LogP) is 10.7. The van der Waals surface area contributed by atoms with Gasteiger partial charge in [-0.05, 0) is 77.0 Å². The van der Waals surface area contributed by atoms with Crippen LogP contribution in [0.2, 0.25) is 0 Å². The van der Waals surface area contributed by atoms with Crippen LogP contribution < -0.4 is 0 Å². The van der Waals surface area contributed by atoms with Crippen molar-refractivity contribution in [2.45, 2.75) is 6.92 Å². The number of hydrogen-bond donors (Lipinski definition) is 0. The Kier molecular flexibility index (Phi) is 6.46. The molecule has 0 saturated heterocycles. The molecule has 0 amide bonds. The zero-order chi connectivity index (χ0) is 30.3.